The fraction of sp³-hybridized carbons (Fsp3) is 0.455. The summed E-state index contributed by atoms with van der Waals surface area (Å²) < 4.78 is 4.71. The van der Waals surface area contributed by atoms with Crippen LogP contribution < -0.4 is 0 Å². The Kier molecular flexibility index (Phi) is 6.85. The van der Waals surface area contributed by atoms with Crippen molar-refractivity contribution in [1.29, 1.82) is 0 Å². The molecule has 0 fully saturated rings. The quantitative estimate of drug-likeness (QED) is 0.228. The van der Waals surface area contributed by atoms with Crippen LogP contribution in [-0.2, 0) is 9.53 Å². The molecule has 0 bridgehead atoms. The topological polar surface area (TPSA) is 62.7 Å². The van der Waals surface area contributed by atoms with Gasteiger partial charge in [-0.2, -0.15) is 4.79 Å². The summed E-state index contributed by atoms with van der Waals surface area (Å²) in [5, 5.41) is 0. The van der Waals surface area contributed by atoms with E-state index in [1.807, 2.05) is 26.8 Å². The molecule has 15 heavy (non-hydrogen) atoms. The molecule has 4 nitrogen and oxygen atoms in total. The van der Waals surface area contributed by atoms with Crippen molar-refractivity contribution in [2.45, 2.75) is 27.2 Å². The molecular formula is C11H16N2O2. The highest BCUT2D eigenvalue weighted by Gasteiger charge is 2.00. The Morgan fingerprint density at radius 2 is 2.00 bits per heavy atom. The van der Waals surface area contributed by atoms with E-state index in [0.29, 0.717) is 0 Å². The fourth-order valence-corrected chi connectivity index (χ4v) is 0.799. The molecular weight excluding hydrogens is 192 g/mol. The van der Waals surface area contributed by atoms with Gasteiger partial charge in [0, 0.05) is 0 Å². The van der Waals surface area contributed by atoms with Crippen LogP contribution in [-0.4, -0.2) is 23.6 Å². The second-order valence-corrected chi connectivity index (χ2v) is 3.41. The SMILES string of the molecule is CC(C)=CC/C(C)=C/COC(=O)C=[N+]=[N-]. The van der Waals surface area contributed by atoms with Crippen molar-refractivity contribution in [3.8, 4) is 0 Å². The van der Waals surface area contributed by atoms with E-state index in [1.54, 1.807) is 0 Å². The number of hydrogen-bond donors (Lipinski definition) is 0. The molecule has 0 aliphatic carbocycles. The highest BCUT2D eigenvalue weighted by molar-refractivity contribution is 6.20. The third kappa shape index (κ3) is 8.65. The van der Waals surface area contributed by atoms with Gasteiger partial charge in [-0.15, -0.1) is 0 Å². The summed E-state index contributed by atoms with van der Waals surface area (Å²) in [5.41, 5.74) is 10.4. The van der Waals surface area contributed by atoms with Crippen molar-refractivity contribution in [2.75, 3.05) is 6.61 Å². The third-order valence-electron chi connectivity index (χ3n) is 1.65. The van der Waals surface area contributed by atoms with Gasteiger partial charge in [-0.25, -0.2) is 4.79 Å². The first kappa shape index (κ1) is 13.3. The summed E-state index contributed by atoms with van der Waals surface area (Å²) in [6, 6.07) is 0. The predicted octanol–water partition coefficient (Wildman–Crippen LogP) is 2.13. The van der Waals surface area contributed by atoms with Gasteiger partial charge in [-0.1, -0.05) is 17.2 Å². The maximum Gasteiger partial charge on any atom is 0.413 e. The summed E-state index contributed by atoms with van der Waals surface area (Å²) in [6.07, 6.45) is 5.50. The average Bonchev–Trinajstić information content (AvgIpc) is 2.15. The smallest absolute Gasteiger partial charge is 0.413 e. The molecule has 0 saturated heterocycles. The third-order valence-corrected chi connectivity index (χ3v) is 1.65. The second kappa shape index (κ2) is 7.71. The molecule has 0 saturated carbocycles. The fourth-order valence-electron chi connectivity index (χ4n) is 0.799. The van der Waals surface area contributed by atoms with Crippen molar-refractivity contribution in [3.05, 3.63) is 28.8 Å². The van der Waals surface area contributed by atoms with Gasteiger partial charge in [0.2, 0.25) is 0 Å². The van der Waals surface area contributed by atoms with E-state index in [0.717, 1.165) is 18.2 Å². The molecule has 82 valence electrons. The number of carbonyl (C=O) groups is 1. The highest BCUT2D eigenvalue weighted by Crippen LogP contribution is 2.03. The van der Waals surface area contributed by atoms with Gasteiger partial charge in [0.15, 0.2) is 0 Å². The zero-order valence-electron chi connectivity index (χ0n) is 9.36. The van der Waals surface area contributed by atoms with Crippen LogP contribution in [0.1, 0.15) is 27.2 Å². The Hall–Kier alpha value is -1.67. The van der Waals surface area contributed by atoms with Crippen molar-refractivity contribution in [2.24, 2.45) is 0 Å². The minimum Gasteiger partial charge on any atom is -0.453 e. The molecule has 0 aromatic rings. The Morgan fingerprint density at radius 1 is 1.33 bits per heavy atom. The molecule has 0 aliphatic rings. The molecule has 0 aromatic heterocycles. The number of carbonyl (C=O) groups excluding carboxylic acids is 1. The summed E-state index contributed by atoms with van der Waals surface area (Å²) in [6.45, 7) is 6.23. The van der Waals surface area contributed by atoms with Crippen LogP contribution in [0.5, 0.6) is 0 Å². The van der Waals surface area contributed by atoms with Gasteiger partial charge in [0.05, 0.1) is 0 Å². The van der Waals surface area contributed by atoms with Crippen LogP contribution >= 0.6 is 0 Å². The lowest BCUT2D eigenvalue weighted by Gasteiger charge is -1.97. The van der Waals surface area contributed by atoms with E-state index in [9.17, 15) is 4.79 Å². The van der Waals surface area contributed by atoms with Crippen molar-refractivity contribution in [3.63, 3.8) is 0 Å². The molecule has 0 aromatic carbocycles. The zero-order valence-corrected chi connectivity index (χ0v) is 9.36. The Morgan fingerprint density at radius 3 is 2.53 bits per heavy atom. The molecule has 0 radical (unpaired) electrons. The summed E-state index contributed by atoms with van der Waals surface area (Å²) in [7, 11) is 0. The van der Waals surface area contributed by atoms with Crippen LogP contribution in [0, 0.1) is 0 Å². The van der Waals surface area contributed by atoms with E-state index in [4.69, 9.17) is 10.3 Å². The van der Waals surface area contributed by atoms with Gasteiger partial charge in [0.25, 0.3) is 0 Å². The largest absolute Gasteiger partial charge is 0.453 e. The van der Waals surface area contributed by atoms with Crippen LogP contribution in [0.2, 0.25) is 0 Å². The van der Waals surface area contributed by atoms with Gasteiger partial charge in [-0.05, 0) is 33.3 Å². The molecule has 0 heterocycles. The maximum absolute atomic E-state index is 10.7. The summed E-state index contributed by atoms with van der Waals surface area (Å²) in [5.74, 6) is -0.649. The number of esters is 1. The Bertz CT molecular complexity index is 319. The lowest BCUT2D eigenvalue weighted by atomic mass is 10.1. The van der Waals surface area contributed by atoms with E-state index in [-0.39, 0.29) is 6.61 Å². The van der Waals surface area contributed by atoms with Crippen LogP contribution in [0.3, 0.4) is 0 Å². The predicted molar refractivity (Wildman–Crippen MR) is 58.4 cm³/mol. The standard InChI is InChI=1S/C11H16N2O2/c1-9(2)4-5-10(3)6-7-15-11(14)8-13-12/h4,6,8H,5,7H2,1-3H3/b10-6+. The van der Waals surface area contributed by atoms with Crippen molar-refractivity contribution in [1.82, 2.24) is 0 Å². The van der Waals surface area contributed by atoms with Crippen LogP contribution in [0.25, 0.3) is 5.53 Å². The van der Waals surface area contributed by atoms with Crippen LogP contribution in [0.15, 0.2) is 23.3 Å². The Labute approximate surface area is 89.9 Å². The first-order chi connectivity index (χ1) is 7.06. The molecule has 4 heteroatoms. The molecule has 0 spiro atoms. The minimum atomic E-state index is -0.649. The summed E-state index contributed by atoms with van der Waals surface area (Å²) in [4.78, 5) is 13.3. The molecule has 0 unspecified atom stereocenters. The lowest BCUT2D eigenvalue weighted by Crippen LogP contribution is -2.06. The second-order valence-electron chi connectivity index (χ2n) is 3.41. The van der Waals surface area contributed by atoms with Gasteiger partial charge in [0.1, 0.15) is 6.61 Å². The first-order valence-corrected chi connectivity index (χ1v) is 4.69. The summed E-state index contributed by atoms with van der Waals surface area (Å²) >= 11 is 0. The maximum atomic E-state index is 10.7. The molecule has 0 atom stereocenters. The molecule has 0 N–H and O–H groups in total. The first-order valence-electron chi connectivity index (χ1n) is 4.69. The average molecular weight is 208 g/mol. The molecule has 0 aliphatic heterocycles. The van der Waals surface area contributed by atoms with Gasteiger partial charge in [-0.3, -0.25) is 0 Å². The van der Waals surface area contributed by atoms with Gasteiger partial charge < -0.3 is 10.3 Å². The normalized spacial score (nSPS) is 10.2. The highest BCUT2D eigenvalue weighted by atomic mass is 16.5. The number of ether oxygens (including phenoxy) is 1. The van der Waals surface area contributed by atoms with Gasteiger partial charge >= 0.3 is 12.2 Å². The van der Waals surface area contributed by atoms with E-state index < -0.39 is 5.97 Å². The monoisotopic (exact) mass is 208 g/mol. The van der Waals surface area contributed by atoms with Crippen LogP contribution in [0.4, 0.5) is 0 Å². The number of allylic oxidation sites excluding steroid dienone is 3. The molecule has 0 rings (SSSR count). The van der Waals surface area contributed by atoms with E-state index in [1.165, 1.54) is 5.57 Å². The van der Waals surface area contributed by atoms with E-state index >= 15 is 0 Å². The number of rotatable bonds is 5. The Balaban J connectivity index is 3.91. The number of nitrogens with zero attached hydrogens (tertiary/aromatic N) is 2. The van der Waals surface area contributed by atoms with E-state index in [2.05, 4.69) is 10.9 Å². The van der Waals surface area contributed by atoms with Crippen molar-refractivity contribution < 1.29 is 14.3 Å². The molecule has 0 amide bonds. The minimum absolute atomic E-state index is 0.202. The van der Waals surface area contributed by atoms with Crippen molar-refractivity contribution >= 4 is 12.2 Å². The number of hydrogen-bond acceptors (Lipinski definition) is 2. The zero-order chi connectivity index (χ0) is 11.7. The lowest BCUT2D eigenvalue weighted by molar-refractivity contribution is -0.137.